The molecule has 1 saturated carbocycles. The van der Waals surface area contributed by atoms with Gasteiger partial charge in [0.05, 0.1) is 23.6 Å². The summed E-state index contributed by atoms with van der Waals surface area (Å²) in [6.45, 7) is 3.89. The third-order valence-electron chi connectivity index (χ3n) is 5.73. The fourth-order valence-electron chi connectivity index (χ4n) is 3.89. The van der Waals surface area contributed by atoms with Crippen molar-refractivity contribution in [2.45, 2.75) is 45.4 Å². The van der Waals surface area contributed by atoms with E-state index in [-0.39, 0.29) is 31.4 Å². The van der Waals surface area contributed by atoms with Crippen molar-refractivity contribution in [1.29, 1.82) is 0 Å². The first kappa shape index (κ1) is 24.8. The van der Waals surface area contributed by atoms with Crippen LogP contribution >= 0.6 is 23.2 Å². The van der Waals surface area contributed by atoms with Gasteiger partial charge in [0, 0.05) is 16.8 Å². The lowest BCUT2D eigenvalue weighted by Crippen LogP contribution is -2.48. The van der Waals surface area contributed by atoms with E-state index in [9.17, 15) is 19.5 Å². The summed E-state index contributed by atoms with van der Waals surface area (Å²) < 4.78 is 8.02. The minimum atomic E-state index is -0.941. The number of nitrogens with one attached hydrogen (secondary N) is 1. The van der Waals surface area contributed by atoms with E-state index in [1.165, 1.54) is 4.57 Å². The monoisotopic (exact) mass is 518 g/mol. The second kappa shape index (κ2) is 10.1. The molecular formula is C24H24Cl2N4O5. The number of anilines is 2. The molecule has 2 aromatic carbocycles. The molecule has 1 aliphatic carbocycles. The number of benzene rings is 2. The van der Waals surface area contributed by atoms with E-state index in [0.717, 1.165) is 10.1 Å². The number of aromatic nitrogens is 3. The number of carbonyl (C=O) groups is 1. The summed E-state index contributed by atoms with van der Waals surface area (Å²) in [6, 6.07) is 11.4. The van der Waals surface area contributed by atoms with Gasteiger partial charge in [-0.25, -0.2) is 14.2 Å². The summed E-state index contributed by atoms with van der Waals surface area (Å²) in [4.78, 5) is 41.6. The lowest BCUT2D eigenvalue weighted by Gasteiger charge is -2.33. The van der Waals surface area contributed by atoms with Crippen LogP contribution in [0.25, 0.3) is 0 Å². The van der Waals surface area contributed by atoms with Gasteiger partial charge >= 0.3 is 17.3 Å². The molecule has 0 spiro atoms. The molecule has 1 aromatic heterocycles. The minimum absolute atomic E-state index is 0.0360. The van der Waals surface area contributed by atoms with Gasteiger partial charge < -0.3 is 15.2 Å². The van der Waals surface area contributed by atoms with Crippen molar-refractivity contribution in [2.75, 3.05) is 5.32 Å². The second-order valence-electron chi connectivity index (χ2n) is 8.68. The highest BCUT2D eigenvalue weighted by Gasteiger charge is 2.38. The van der Waals surface area contributed by atoms with Crippen LogP contribution in [0, 0.1) is 5.92 Å². The number of rotatable bonds is 8. The highest BCUT2D eigenvalue weighted by molar-refractivity contribution is 6.32. The summed E-state index contributed by atoms with van der Waals surface area (Å²) in [5, 5.41) is 13.1. The zero-order chi connectivity index (χ0) is 25.3. The van der Waals surface area contributed by atoms with Crippen molar-refractivity contribution in [2.24, 2.45) is 5.92 Å². The Kier molecular flexibility index (Phi) is 7.18. The number of carboxylic acids is 1. The Morgan fingerprint density at radius 1 is 1.17 bits per heavy atom. The largest absolute Gasteiger partial charge is 0.489 e. The second-order valence-corrected chi connectivity index (χ2v) is 9.52. The summed E-state index contributed by atoms with van der Waals surface area (Å²) in [6.07, 6.45) is 0.344. The molecule has 35 heavy (non-hydrogen) atoms. The molecule has 3 aromatic rings. The Balaban J connectivity index is 1.72. The number of hydrogen-bond acceptors (Lipinski definition) is 6. The third kappa shape index (κ3) is 5.52. The molecule has 184 valence electrons. The van der Waals surface area contributed by atoms with E-state index in [0.29, 0.717) is 21.5 Å². The minimum Gasteiger partial charge on any atom is -0.489 e. The number of carboxylic acid groups (broad SMARTS) is 1. The van der Waals surface area contributed by atoms with Crippen LogP contribution in [-0.4, -0.2) is 31.3 Å². The quantitative estimate of drug-likeness (QED) is 0.455. The van der Waals surface area contributed by atoms with Crippen LogP contribution in [0.2, 0.25) is 10.0 Å². The Morgan fingerprint density at radius 3 is 2.46 bits per heavy atom. The summed E-state index contributed by atoms with van der Waals surface area (Å²) in [7, 11) is 0. The molecule has 4 rings (SSSR count). The van der Waals surface area contributed by atoms with Gasteiger partial charge in [0.2, 0.25) is 5.95 Å². The Bertz CT molecular complexity index is 1360. The van der Waals surface area contributed by atoms with Crippen LogP contribution in [0.15, 0.2) is 52.1 Å². The van der Waals surface area contributed by atoms with Crippen molar-refractivity contribution < 1.29 is 14.6 Å². The van der Waals surface area contributed by atoms with Gasteiger partial charge in [0.25, 0.3) is 0 Å². The Hall–Kier alpha value is -3.30. The first-order valence-electron chi connectivity index (χ1n) is 11.1. The highest BCUT2D eigenvalue weighted by Crippen LogP contribution is 2.36. The number of hydrogen-bond donors (Lipinski definition) is 2. The Morgan fingerprint density at radius 2 is 1.86 bits per heavy atom. The fraction of sp³-hybridized carbons (Fsp3) is 0.333. The third-order valence-corrected chi connectivity index (χ3v) is 6.28. The van der Waals surface area contributed by atoms with Crippen LogP contribution in [0.1, 0.15) is 38.3 Å². The van der Waals surface area contributed by atoms with E-state index in [2.05, 4.69) is 10.3 Å². The van der Waals surface area contributed by atoms with Crippen LogP contribution in [0.3, 0.4) is 0 Å². The lowest BCUT2D eigenvalue weighted by atomic mass is 9.80. The van der Waals surface area contributed by atoms with Gasteiger partial charge in [-0.1, -0.05) is 35.3 Å². The topological polar surface area (TPSA) is 115 Å². The number of ether oxygens (including phenoxy) is 1. The first-order valence-corrected chi connectivity index (χ1v) is 11.8. The predicted octanol–water partition coefficient (Wildman–Crippen LogP) is 4.33. The molecule has 11 heteroatoms. The normalized spacial score (nSPS) is 17.2. The molecule has 0 amide bonds. The fourth-order valence-corrected chi connectivity index (χ4v) is 4.24. The van der Waals surface area contributed by atoms with Gasteiger partial charge in [-0.3, -0.25) is 9.36 Å². The smallest absolute Gasteiger partial charge is 0.355 e. The molecule has 1 aliphatic rings. The standard InChI is InChI=1S/C24H24Cl2N4O5/c1-13(2)35-20-8-7-17(11-19(20)26)27-22-28-23(33)30(18-9-15(10-18)21(31)32)24(34)29(22)12-14-3-5-16(25)6-4-14/h3-8,11,13,15,18H,9-10,12H2,1-2H3,(H,31,32)(H,27,28,33). The van der Waals surface area contributed by atoms with E-state index < -0.39 is 29.3 Å². The summed E-state index contributed by atoms with van der Waals surface area (Å²) >= 11 is 12.3. The number of nitrogens with zero attached hydrogens (tertiary/aromatic N) is 3. The van der Waals surface area contributed by atoms with Crippen LogP contribution in [0.4, 0.5) is 11.6 Å². The van der Waals surface area contributed by atoms with E-state index in [1.807, 2.05) is 13.8 Å². The molecule has 0 unspecified atom stereocenters. The molecule has 2 N–H and O–H groups in total. The van der Waals surface area contributed by atoms with Crippen molar-refractivity contribution in [3.63, 3.8) is 0 Å². The molecule has 0 atom stereocenters. The maximum Gasteiger partial charge on any atom is 0.355 e. The predicted molar refractivity (Wildman–Crippen MR) is 133 cm³/mol. The average Bonchev–Trinajstić information content (AvgIpc) is 2.75. The van der Waals surface area contributed by atoms with Gasteiger partial charge in [0.15, 0.2) is 0 Å². The zero-order valence-electron chi connectivity index (χ0n) is 19.1. The molecule has 0 bridgehead atoms. The highest BCUT2D eigenvalue weighted by atomic mass is 35.5. The number of aliphatic carboxylic acids is 1. The number of halogens is 2. The summed E-state index contributed by atoms with van der Waals surface area (Å²) in [5.41, 5.74) is -0.0522. The molecular weight excluding hydrogens is 495 g/mol. The summed E-state index contributed by atoms with van der Waals surface area (Å²) in [5.74, 6) is -0.979. The zero-order valence-corrected chi connectivity index (χ0v) is 20.6. The van der Waals surface area contributed by atoms with Gasteiger partial charge in [-0.15, -0.1) is 0 Å². The SMILES string of the molecule is CC(C)Oc1ccc(Nc2nc(=O)n(C3CC(C(=O)O)C3)c(=O)n2Cc2ccc(Cl)cc2)cc1Cl. The molecule has 1 heterocycles. The van der Waals surface area contributed by atoms with Crippen LogP contribution in [0.5, 0.6) is 5.75 Å². The maximum absolute atomic E-state index is 13.5. The molecule has 0 saturated heterocycles. The van der Waals surface area contributed by atoms with Crippen molar-refractivity contribution in [3.8, 4) is 5.75 Å². The van der Waals surface area contributed by atoms with Gasteiger partial charge in [-0.05, 0) is 62.6 Å². The molecule has 9 nitrogen and oxygen atoms in total. The van der Waals surface area contributed by atoms with E-state index in [1.54, 1.807) is 42.5 Å². The molecule has 0 aliphatic heterocycles. The van der Waals surface area contributed by atoms with Crippen LogP contribution in [-0.2, 0) is 11.3 Å². The van der Waals surface area contributed by atoms with E-state index in [4.69, 9.17) is 27.9 Å². The maximum atomic E-state index is 13.5. The van der Waals surface area contributed by atoms with Crippen molar-refractivity contribution >= 4 is 40.8 Å². The lowest BCUT2D eigenvalue weighted by molar-refractivity contribution is -0.146. The first-order chi connectivity index (χ1) is 16.6. The van der Waals surface area contributed by atoms with Crippen molar-refractivity contribution in [3.05, 3.63) is 79.0 Å². The van der Waals surface area contributed by atoms with Gasteiger partial charge in [0.1, 0.15) is 5.75 Å². The molecule has 1 fully saturated rings. The van der Waals surface area contributed by atoms with Crippen LogP contribution < -0.4 is 21.4 Å². The molecule has 0 radical (unpaired) electrons. The van der Waals surface area contributed by atoms with E-state index >= 15 is 0 Å². The average molecular weight is 519 g/mol. The van der Waals surface area contributed by atoms with Crippen molar-refractivity contribution in [1.82, 2.24) is 14.1 Å². The Labute approximate surface area is 210 Å². The van der Waals surface area contributed by atoms with Gasteiger partial charge in [-0.2, -0.15) is 4.98 Å².